The number of anilines is 2. The number of piperidine rings is 2. The number of aromatic nitrogens is 3. The number of nitrogens with one attached hydrogen (secondary N) is 4. The summed E-state index contributed by atoms with van der Waals surface area (Å²) in [7, 11) is 7.10. The highest BCUT2D eigenvalue weighted by atomic mass is 16.5. The minimum atomic E-state index is -0.517. The molecule has 2 saturated heterocycles. The third kappa shape index (κ3) is 10.1. The van der Waals surface area contributed by atoms with Crippen molar-refractivity contribution >= 4 is 23.2 Å². The van der Waals surface area contributed by atoms with E-state index in [0.717, 1.165) is 83.9 Å². The van der Waals surface area contributed by atoms with Crippen molar-refractivity contribution in [2.45, 2.75) is 121 Å². The molecule has 67 heavy (non-hydrogen) atoms. The molecular weight excluding hydrogens is 843 g/mol. The van der Waals surface area contributed by atoms with Gasteiger partial charge < -0.3 is 29.9 Å². The van der Waals surface area contributed by atoms with Crippen molar-refractivity contribution in [3.05, 3.63) is 135 Å². The van der Waals surface area contributed by atoms with Crippen LogP contribution in [0.3, 0.4) is 0 Å². The molecule has 4 atom stereocenters. The van der Waals surface area contributed by atoms with Crippen molar-refractivity contribution in [2.24, 2.45) is 0 Å². The number of fused-ring (bicyclic) bond motifs is 2. The van der Waals surface area contributed by atoms with E-state index < -0.39 is 5.41 Å². The van der Waals surface area contributed by atoms with Crippen LogP contribution in [0.25, 0.3) is 0 Å². The van der Waals surface area contributed by atoms with Crippen molar-refractivity contribution in [3.63, 3.8) is 0 Å². The molecule has 0 aliphatic carbocycles. The molecule has 0 saturated carbocycles. The normalized spacial score (nSPS) is 21.7. The van der Waals surface area contributed by atoms with Gasteiger partial charge in [-0.15, -0.1) is 0 Å². The Morgan fingerprint density at radius 1 is 0.746 bits per heavy atom. The number of methoxy groups -OCH3 is 2. The molecule has 5 aromatic rings. The molecule has 14 nitrogen and oxygen atoms in total. The number of carbonyl (C=O) groups is 2. The minimum Gasteiger partial charge on any atom is -0.496 e. The van der Waals surface area contributed by atoms with E-state index >= 15 is 0 Å². The molecule has 4 unspecified atom stereocenters. The van der Waals surface area contributed by atoms with Gasteiger partial charge in [-0.1, -0.05) is 60.7 Å². The van der Waals surface area contributed by atoms with E-state index in [9.17, 15) is 14.4 Å². The fourth-order valence-corrected chi connectivity index (χ4v) is 10.9. The molecule has 0 bridgehead atoms. The van der Waals surface area contributed by atoms with Crippen molar-refractivity contribution in [3.8, 4) is 11.5 Å². The summed E-state index contributed by atoms with van der Waals surface area (Å²) in [4.78, 5) is 47.9. The van der Waals surface area contributed by atoms with Gasteiger partial charge in [0, 0.05) is 74.6 Å². The average Bonchev–Trinajstić information content (AvgIpc) is 3.83. The Labute approximate surface area is 395 Å². The van der Waals surface area contributed by atoms with Gasteiger partial charge in [0.15, 0.2) is 0 Å². The summed E-state index contributed by atoms with van der Waals surface area (Å²) < 4.78 is 11.5. The number of likely N-dealkylation sites (N-methyl/N-ethyl adjacent to an activating group) is 1. The van der Waals surface area contributed by atoms with Crippen LogP contribution in [0.4, 0.5) is 11.4 Å². The zero-order valence-electron chi connectivity index (χ0n) is 40.5. The Balaban J connectivity index is 0.000000182. The van der Waals surface area contributed by atoms with Crippen LogP contribution in [0.1, 0.15) is 111 Å². The zero-order valence-corrected chi connectivity index (χ0v) is 40.5. The molecule has 9 rings (SSSR count). The zero-order chi connectivity index (χ0) is 47.4. The molecule has 0 spiro atoms. The third-order valence-electron chi connectivity index (χ3n) is 14.5. The van der Waals surface area contributed by atoms with Crippen LogP contribution in [0.15, 0.2) is 89.7 Å². The fourth-order valence-electron chi connectivity index (χ4n) is 10.9. The van der Waals surface area contributed by atoms with Crippen molar-refractivity contribution in [2.75, 3.05) is 51.2 Å². The molecule has 4 aliphatic rings. The van der Waals surface area contributed by atoms with Gasteiger partial charge in [0.05, 0.1) is 44.0 Å². The first-order valence-electron chi connectivity index (χ1n) is 23.9. The number of aromatic amines is 2. The lowest BCUT2D eigenvalue weighted by atomic mass is 9.85. The van der Waals surface area contributed by atoms with E-state index in [-0.39, 0.29) is 29.6 Å². The predicted molar refractivity (Wildman–Crippen MR) is 264 cm³/mol. The Hall–Kier alpha value is -5.80. The molecule has 5 heterocycles. The fraction of sp³-hybridized carbons (Fsp3) is 0.472. The van der Waals surface area contributed by atoms with Crippen LogP contribution >= 0.6 is 0 Å². The Morgan fingerprint density at radius 3 is 1.96 bits per heavy atom. The number of nitrogens with zero attached hydrogens (tertiary/aromatic N) is 5. The van der Waals surface area contributed by atoms with Crippen molar-refractivity contribution in [1.82, 2.24) is 35.6 Å². The smallest absolute Gasteiger partial charge is 0.340 e. The lowest BCUT2D eigenvalue weighted by Gasteiger charge is -2.44. The van der Waals surface area contributed by atoms with Crippen LogP contribution in [0, 0.1) is 0 Å². The molecule has 2 fully saturated rings. The third-order valence-corrected chi connectivity index (χ3v) is 14.5. The van der Waals surface area contributed by atoms with Gasteiger partial charge in [0.1, 0.15) is 17.3 Å². The Bertz CT molecular complexity index is 2560. The molecule has 0 radical (unpaired) electrons. The number of aryl methyl sites for hydroxylation is 1. The first-order valence-corrected chi connectivity index (χ1v) is 23.9. The number of H-pyrrole nitrogens is 2. The Kier molecular flexibility index (Phi) is 14.7. The van der Waals surface area contributed by atoms with E-state index in [1.165, 1.54) is 17.5 Å². The second-order valence-electron chi connectivity index (χ2n) is 19.3. The highest BCUT2D eigenvalue weighted by Crippen LogP contribution is 2.44. The van der Waals surface area contributed by atoms with Crippen LogP contribution in [-0.4, -0.2) is 96.3 Å². The van der Waals surface area contributed by atoms with Gasteiger partial charge >= 0.3 is 5.69 Å². The topological polar surface area (TPSA) is 151 Å². The number of rotatable bonds is 13. The summed E-state index contributed by atoms with van der Waals surface area (Å²) in [6, 6.07) is 31.2. The molecule has 4 aromatic carbocycles. The average molecular weight is 912 g/mol. The lowest BCUT2D eigenvalue weighted by Crippen LogP contribution is -2.50. The highest BCUT2D eigenvalue weighted by Gasteiger charge is 2.43. The van der Waals surface area contributed by atoms with Crippen molar-refractivity contribution in [1.29, 1.82) is 0 Å². The predicted octanol–water partition coefficient (Wildman–Crippen LogP) is 7.16. The second-order valence-corrected chi connectivity index (χ2v) is 19.3. The minimum absolute atomic E-state index is 0.123. The molecular formula is C53H69N9O5. The van der Waals surface area contributed by atoms with Gasteiger partial charge in [-0.2, -0.15) is 5.10 Å². The number of hydrogen-bond acceptors (Lipinski definition) is 10. The maximum Gasteiger partial charge on any atom is 0.340 e. The van der Waals surface area contributed by atoms with Gasteiger partial charge in [-0.05, 0) is 113 Å². The number of benzene rings is 4. The van der Waals surface area contributed by atoms with E-state index in [0.29, 0.717) is 50.0 Å². The largest absolute Gasteiger partial charge is 0.496 e. The van der Waals surface area contributed by atoms with Gasteiger partial charge in [0.25, 0.3) is 0 Å². The summed E-state index contributed by atoms with van der Waals surface area (Å²) in [5.74, 6) is 2.59. The van der Waals surface area contributed by atoms with E-state index in [1.807, 2.05) is 40.1 Å². The molecule has 14 heteroatoms. The van der Waals surface area contributed by atoms with Crippen molar-refractivity contribution < 1.29 is 19.1 Å². The lowest BCUT2D eigenvalue weighted by molar-refractivity contribution is -0.121. The van der Waals surface area contributed by atoms with E-state index in [2.05, 4.69) is 122 Å². The molecule has 356 valence electrons. The summed E-state index contributed by atoms with van der Waals surface area (Å²) in [6.45, 7) is 12.5. The van der Waals surface area contributed by atoms with Crippen LogP contribution in [0.2, 0.25) is 0 Å². The van der Waals surface area contributed by atoms with Gasteiger partial charge in [0.2, 0.25) is 11.8 Å². The number of amides is 2. The van der Waals surface area contributed by atoms with Crippen LogP contribution in [-0.2, 0) is 41.1 Å². The maximum atomic E-state index is 12.8. The number of hydrogen-bond donors (Lipinski definition) is 4. The van der Waals surface area contributed by atoms with Crippen LogP contribution < -0.4 is 35.6 Å². The monoisotopic (exact) mass is 912 g/mol. The number of likely N-dealkylation sites (tertiary alicyclic amines) is 2. The number of ether oxygens (including phenoxy) is 2. The molecule has 4 aliphatic heterocycles. The summed E-state index contributed by atoms with van der Waals surface area (Å²) >= 11 is 0. The SMILES string of the molecule is COc1cc2c(cc1CNC1CCCN(C(C)C)C1c1ccccc1)C(C)(C)C(=O)N2C.COc1cc2c(cc1CNC1CCCN(Cc3n[nH]c(=O)[nH]3)C1c1ccccc1)N(C)C(=O)CC2. The quantitative estimate of drug-likeness (QED) is 0.0959. The van der Waals surface area contributed by atoms with Gasteiger partial charge in [-0.3, -0.25) is 24.4 Å². The molecule has 2 amide bonds. The molecule has 1 aromatic heterocycles. The first kappa shape index (κ1) is 47.7. The summed E-state index contributed by atoms with van der Waals surface area (Å²) in [5.41, 5.74) is 8.07. The van der Waals surface area contributed by atoms with E-state index in [4.69, 9.17) is 9.47 Å². The molecule has 4 N–H and O–H groups in total. The number of carbonyl (C=O) groups excluding carboxylic acids is 2. The Morgan fingerprint density at radius 2 is 1.34 bits per heavy atom. The van der Waals surface area contributed by atoms with E-state index in [1.54, 1.807) is 24.0 Å². The first-order chi connectivity index (χ1) is 32.3. The summed E-state index contributed by atoms with van der Waals surface area (Å²) in [6.07, 6.45) is 5.66. The van der Waals surface area contributed by atoms with Gasteiger partial charge in [-0.25, -0.2) is 9.89 Å². The van der Waals surface area contributed by atoms with Crippen LogP contribution in [0.5, 0.6) is 11.5 Å². The highest BCUT2D eigenvalue weighted by molar-refractivity contribution is 6.07. The summed E-state index contributed by atoms with van der Waals surface area (Å²) in [5, 5.41) is 14.3. The standard InChI is InChI=1S/C27H37N3O2.C26H32N6O3/c1-18(2)30-14-10-13-22(25(30)19-11-8-7-9-12-19)28-17-20-15-21-23(16-24(20)32-6)29(5)26(31)27(21,3)4;1-31-21-13-19(22(35-2)14-18(21)10-11-24(31)33)15-27-20-9-6-12-32(16-23-28-26(34)30-29-23)25(20)17-7-4-3-5-8-17/h7-9,11-12,15-16,18,22,25,28H,10,13-14,17H2,1-6H3;3-5,7-8,13-14,20,25,27H,6,9-12,15-16H2,1-2H3,(H2,28,29,30,34). The second kappa shape index (κ2) is 20.6. The maximum absolute atomic E-state index is 12.8.